The Bertz CT molecular complexity index is 700. The lowest BCUT2D eigenvalue weighted by molar-refractivity contribution is 0.0698. The summed E-state index contributed by atoms with van der Waals surface area (Å²) in [5.74, 6) is -1.45. The molecule has 0 saturated heterocycles. The van der Waals surface area contributed by atoms with Gasteiger partial charge in [0.05, 0.1) is 16.9 Å². The first-order valence-corrected chi connectivity index (χ1v) is 7.63. The molecule has 110 valence electrons. The maximum absolute atomic E-state index is 12.3. The van der Waals surface area contributed by atoms with Crippen LogP contribution in [-0.2, 0) is 0 Å². The molecule has 0 saturated carbocycles. The van der Waals surface area contributed by atoms with Crippen molar-refractivity contribution in [3.63, 3.8) is 0 Å². The van der Waals surface area contributed by atoms with Crippen LogP contribution in [-0.4, -0.2) is 26.6 Å². The number of aromatic carboxylic acids is 1. The zero-order valence-corrected chi connectivity index (χ0v) is 13.7. The predicted octanol–water partition coefficient (Wildman–Crippen LogP) is 3.37. The highest BCUT2D eigenvalue weighted by atomic mass is 79.9. The highest BCUT2D eigenvalue weighted by molar-refractivity contribution is 9.10. The second kappa shape index (κ2) is 6.31. The van der Waals surface area contributed by atoms with E-state index in [9.17, 15) is 9.59 Å². The van der Waals surface area contributed by atoms with E-state index in [0.717, 1.165) is 11.5 Å². The minimum Gasteiger partial charge on any atom is -0.478 e. The maximum atomic E-state index is 12.3. The molecule has 8 heteroatoms. The van der Waals surface area contributed by atoms with E-state index >= 15 is 0 Å². The molecular weight excluding hydrogens is 358 g/mol. The summed E-state index contributed by atoms with van der Waals surface area (Å²) in [7, 11) is 0. The van der Waals surface area contributed by atoms with Gasteiger partial charge in [0.2, 0.25) is 0 Å². The van der Waals surface area contributed by atoms with Gasteiger partial charge in [0.1, 0.15) is 4.88 Å². The molecule has 1 aromatic carbocycles. The van der Waals surface area contributed by atoms with Crippen molar-refractivity contribution in [2.75, 3.05) is 5.32 Å². The molecule has 0 radical (unpaired) electrons. The summed E-state index contributed by atoms with van der Waals surface area (Å²) in [6, 6.07) is 4.58. The molecule has 1 heterocycles. The molecule has 0 atom stereocenters. The number of halogens is 1. The molecule has 0 fully saturated rings. The lowest BCUT2D eigenvalue weighted by Gasteiger charge is -2.09. The van der Waals surface area contributed by atoms with Gasteiger partial charge in [-0.15, -0.1) is 5.10 Å². The molecule has 6 nitrogen and oxygen atoms in total. The number of carbonyl (C=O) groups is 2. The quantitative estimate of drug-likeness (QED) is 0.861. The second-order valence-electron chi connectivity index (χ2n) is 4.59. The molecule has 1 aromatic heterocycles. The first-order chi connectivity index (χ1) is 9.90. The van der Waals surface area contributed by atoms with Crippen LogP contribution in [0, 0.1) is 0 Å². The maximum Gasteiger partial charge on any atom is 0.337 e. The number of amides is 1. The number of rotatable bonds is 4. The zero-order valence-electron chi connectivity index (χ0n) is 11.3. The fourth-order valence-electron chi connectivity index (χ4n) is 1.72. The van der Waals surface area contributed by atoms with Gasteiger partial charge in [0.25, 0.3) is 5.91 Å². The fourth-order valence-corrected chi connectivity index (χ4v) is 2.79. The van der Waals surface area contributed by atoms with Crippen LogP contribution in [0.2, 0.25) is 0 Å². The smallest absolute Gasteiger partial charge is 0.337 e. The Balaban J connectivity index is 2.33. The number of aromatic nitrogens is 2. The summed E-state index contributed by atoms with van der Waals surface area (Å²) in [4.78, 5) is 23.9. The molecule has 2 rings (SSSR count). The van der Waals surface area contributed by atoms with E-state index in [-0.39, 0.29) is 17.2 Å². The number of carbonyl (C=O) groups excluding carboxylic acids is 1. The van der Waals surface area contributed by atoms with E-state index in [1.54, 1.807) is 12.1 Å². The Morgan fingerprint density at radius 1 is 1.38 bits per heavy atom. The van der Waals surface area contributed by atoms with E-state index in [1.165, 1.54) is 6.07 Å². The number of carboxylic acid groups (broad SMARTS) is 1. The van der Waals surface area contributed by atoms with E-state index in [4.69, 9.17) is 5.11 Å². The standard InChI is InChI=1S/C13H12BrN3O3S/c1-6(2)10-11(21-17-16-10)12(18)15-9-5-7(14)3-4-8(9)13(19)20/h3-6H,1-2H3,(H,15,18)(H,19,20). The highest BCUT2D eigenvalue weighted by Gasteiger charge is 2.20. The fraction of sp³-hybridized carbons (Fsp3) is 0.231. The van der Waals surface area contributed by atoms with Crippen LogP contribution in [0.15, 0.2) is 22.7 Å². The van der Waals surface area contributed by atoms with Crippen LogP contribution in [0.1, 0.15) is 45.5 Å². The summed E-state index contributed by atoms with van der Waals surface area (Å²) in [5.41, 5.74) is 0.851. The van der Waals surface area contributed by atoms with Crippen LogP contribution in [0.5, 0.6) is 0 Å². The minimum atomic E-state index is -1.11. The van der Waals surface area contributed by atoms with Crippen LogP contribution >= 0.6 is 27.5 Å². The molecule has 0 bridgehead atoms. The predicted molar refractivity (Wildman–Crippen MR) is 83.1 cm³/mol. The third kappa shape index (κ3) is 3.45. The van der Waals surface area contributed by atoms with Crippen molar-refractivity contribution < 1.29 is 14.7 Å². The van der Waals surface area contributed by atoms with Gasteiger partial charge in [-0.1, -0.05) is 34.3 Å². The molecule has 21 heavy (non-hydrogen) atoms. The summed E-state index contributed by atoms with van der Waals surface area (Å²) in [6.07, 6.45) is 0. The normalized spacial score (nSPS) is 10.7. The van der Waals surface area contributed by atoms with Crippen molar-refractivity contribution in [3.05, 3.63) is 38.8 Å². The molecule has 2 aromatic rings. The first-order valence-electron chi connectivity index (χ1n) is 6.06. The van der Waals surface area contributed by atoms with Gasteiger partial charge in [-0.25, -0.2) is 4.79 Å². The highest BCUT2D eigenvalue weighted by Crippen LogP contribution is 2.25. The van der Waals surface area contributed by atoms with Crippen LogP contribution in [0.3, 0.4) is 0 Å². The van der Waals surface area contributed by atoms with Crippen molar-refractivity contribution >= 4 is 45.0 Å². The van der Waals surface area contributed by atoms with E-state index in [0.29, 0.717) is 15.0 Å². The molecule has 0 spiro atoms. The number of nitrogens with one attached hydrogen (secondary N) is 1. The third-order valence-electron chi connectivity index (χ3n) is 2.73. The average molecular weight is 370 g/mol. The molecule has 1 amide bonds. The molecule has 0 aliphatic rings. The lowest BCUT2D eigenvalue weighted by Crippen LogP contribution is -2.15. The van der Waals surface area contributed by atoms with E-state index < -0.39 is 11.9 Å². The van der Waals surface area contributed by atoms with Crippen LogP contribution < -0.4 is 5.32 Å². The van der Waals surface area contributed by atoms with Crippen LogP contribution in [0.25, 0.3) is 0 Å². The van der Waals surface area contributed by atoms with Gasteiger partial charge < -0.3 is 10.4 Å². The Morgan fingerprint density at radius 2 is 2.10 bits per heavy atom. The van der Waals surface area contributed by atoms with Gasteiger partial charge in [-0.3, -0.25) is 4.79 Å². The number of nitrogens with zero attached hydrogens (tertiary/aromatic N) is 2. The van der Waals surface area contributed by atoms with Crippen molar-refractivity contribution in [2.24, 2.45) is 0 Å². The van der Waals surface area contributed by atoms with Gasteiger partial charge >= 0.3 is 5.97 Å². The van der Waals surface area contributed by atoms with Crippen molar-refractivity contribution in [3.8, 4) is 0 Å². The average Bonchev–Trinajstić information content (AvgIpc) is 2.87. The number of hydrogen-bond acceptors (Lipinski definition) is 5. The van der Waals surface area contributed by atoms with Gasteiger partial charge in [-0.05, 0) is 35.6 Å². The molecular formula is C13H12BrN3O3S. The zero-order chi connectivity index (χ0) is 15.6. The Labute approximate surface area is 133 Å². The molecule has 0 aliphatic heterocycles. The van der Waals surface area contributed by atoms with Crippen molar-refractivity contribution in [1.29, 1.82) is 0 Å². The molecule has 2 N–H and O–H groups in total. The minimum absolute atomic E-state index is 0.0233. The van der Waals surface area contributed by atoms with Crippen LogP contribution in [0.4, 0.5) is 5.69 Å². The first kappa shape index (κ1) is 15.6. The number of anilines is 1. The van der Waals surface area contributed by atoms with Gasteiger partial charge in [-0.2, -0.15) is 0 Å². The summed E-state index contributed by atoms with van der Waals surface area (Å²) in [5, 5.41) is 15.7. The SMILES string of the molecule is CC(C)c1nnsc1C(=O)Nc1cc(Br)ccc1C(=O)O. The monoisotopic (exact) mass is 369 g/mol. The third-order valence-corrected chi connectivity index (χ3v) is 3.96. The lowest BCUT2D eigenvalue weighted by atomic mass is 10.1. The number of hydrogen-bond donors (Lipinski definition) is 2. The molecule has 0 aliphatic carbocycles. The van der Waals surface area contributed by atoms with E-state index in [1.807, 2.05) is 13.8 Å². The second-order valence-corrected chi connectivity index (χ2v) is 6.26. The topological polar surface area (TPSA) is 92.2 Å². The summed E-state index contributed by atoms with van der Waals surface area (Å²) in [6.45, 7) is 3.82. The Kier molecular flexibility index (Phi) is 4.69. The van der Waals surface area contributed by atoms with Crippen molar-refractivity contribution in [1.82, 2.24) is 9.59 Å². The molecule has 0 unspecified atom stereocenters. The van der Waals surface area contributed by atoms with Gasteiger partial charge in [0.15, 0.2) is 0 Å². The van der Waals surface area contributed by atoms with E-state index in [2.05, 4.69) is 30.8 Å². The van der Waals surface area contributed by atoms with Crippen molar-refractivity contribution in [2.45, 2.75) is 19.8 Å². The summed E-state index contributed by atoms with van der Waals surface area (Å²) >= 11 is 4.25. The number of carboxylic acids is 1. The largest absolute Gasteiger partial charge is 0.478 e. The van der Waals surface area contributed by atoms with Gasteiger partial charge in [0, 0.05) is 4.47 Å². The number of benzene rings is 1. The summed E-state index contributed by atoms with van der Waals surface area (Å²) < 4.78 is 4.46. The Morgan fingerprint density at radius 3 is 2.71 bits per heavy atom. The Hall–Kier alpha value is -1.80.